The fourth-order valence-corrected chi connectivity index (χ4v) is 1.72. The number of hydrogen-bond acceptors (Lipinski definition) is 6. The number of halogens is 1. The van der Waals surface area contributed by atoms with Crippen LogP contribution in [0.3, 0.4) is 0 Å². The smallest absolute Gasteiger partial charge is 0.222 e. The van der Waals surface area contributed by atoms with Gasteiger partial charge in [0.25, 0.3) is 0 Å². The van der Waals surface area contributed by atoms with Gasteiger partial charge in [-0.05, 0) is 12.1 Å². The normalized spacial score (nSPS) is 10.8. The number of aromatic amines is 1. The third-order valence-corrected chi connectivity index (χ3v) is 2.35. The van der Waals surface area contributed by atoms with Crippen LogP contribution in [0.1, 0.15) is 0 Å². The van der Waals surface area contributed by atoms with E-state index >= 15 is 0 Å². The molecule has 1 aromatic heterocycles. The number of benzene rings is 1. The quantitative estimate of drug-likeness (QED) is 0.484. The molecule has 0 radical (unpaired) electrons. The molecular formula is C8H6ClNO5S. The molecule has 0 amide bonds. The van der Waals surface area contributed by atoms with Crippen LogP contribution in [0.15, 0.2) is 34.6 Å². The van der Waals surface area contributed by atoms with Gasteiger partial charge in [-0.15, -0.1) is 10.2 Å². The fraction of sp³-hybridized carbons (Fsp3) is 0. The van der Waals surface area contributed by atoms with Crippen molar-refractivity contribution >= 4 is 21.4 Å². The highest BCUT2D eigenvalue weighted by molar-refractivity contribution is 7.16. The first-order valence-electron chi connectivity index (χ1n) is 3.88. The second-order valence-corrected chi connectivity index (χ2v) is 4.25. The Kier molecular flexibility index (Phi) is 4.30. The van der Waals surface area contributed by atoms with E-state index in [1.54, 1.807) is 5.51 Å². The van der Waals surface area contributed by atoms with Crippen molar-refractivity contribution in [3.8, 4) is 0 Å². The summed E-state index contributed by atoms with van der Waals surface area (Å²) in [4.78, 5) is 13.8. The molecule has 2 aromatic rings. The molecule has 0 saturated heterocycles. The summed E-state index contributed by atoms with van der Waals surface area (Å²) in [6.45, 7) is 0. The molecule has 16 heavy (non-hydrogen) atoms. The monoisotopic (exact) mass is 263 g/mol. The van der Waals surface area contributed by atoms with E-state index in [1.165, 1.54) is 11.3 Å². The van der Waals surface area contributed by atoms with Crippen LogP contribution in [0.25, 0.3) is 10.1 Å². The zero-order valence-electron chi connectivity index (χ0n) is 7.71. The lowest BCUT2D eigenvalue weighted by molar-refractivity contribution is -2.00. The predicted molar refractivity (Wildman–Crippen MR) is 44.7 cm³/mol. The van der Waals surface area contributed by atoms with E-state index in [9.17, 15) is 4.79 Å². The van der Waals surface area contributed by atoms with Gasteiger partial charge in [-0.1, -0.05) is 23.5 Å². The summed E-state index contributed by atoms with van der Waals surface area (Å²) in [5, 5.41) is 0.764. The lowest BCUT2D eigenvalue weighted by Crippen LogP contribution is -2.68. The lowest BCUT2D eigenvalue weighted by atomic mass is 10.3. The third-order valence-electron chi connectivity index (χ3n) is 1.51. The van der Waals surface area contributed by atoms with E-state index in [1.807, 2.05) is 24.3 Å². The molecule has 86 valence electrons. The molecule has 8 heteroatoms. The summed E-state index contributed by atoms with van der Waals surface area (Å²) < 4.78 is 35.0. The number of fused-ring (bicyclic) bond motifs is 1. The maximum Gasteiger partial charge on any atom is 0.419 e. The maximum absolute atomic E-state index is 11.1. The van der Waals surface area contributed by atoms with Crippen LogP contribution >= 0.6 is 11.3 Å². The zero-order valence-corrected chi connectivity index (χ0v) is 9.29. The Balaban J connectivity index is 0.000000221. The Morgan fingerprint density at radius 3 is 2.25 bits per heavy atom. The van der Waals surface area contributed by atoms with E-state index in [0.29, 0.717) is 0 Å². The van der Waals surface area contributed by atoms with Gasteiger partial charge in [-0.25, -0.2) is 23.4 Å². The van der Waals surface area contributed by atoms with Gasteiger partial charge in [-0.3, -0.25) is 0 Å². The molecule has 0 spiro atoms. The second-order valence-electron chi connectivity index (χ2n) is 2.58. The summed E-state index contributed by atoms with van der Waals surface area (Å²) in [6, 6.07) is 7.56. The summed E-state index contributed by atoms with van der Waals surface area (Å²) in [6.07, 6.45) is 0. The Labute approximate surface area is 95.8 Å². The lowest BCUT2D eigenvalue weighted by Gasteiger charge is -2.17. The van der Waals surface area contributed by atoms with Crippen molar-refractivity contribution in [3.63, 3.8) is 0 Å². The summed E-state index contributed by atoms with van der Waals surface area (Å²) >= 11 is 1.54. The van der Waals surface area contributed by atoms with Crippen LogP contribution in [0, 0.1) is 10.2 Å². The summed E-state index contributed by atoms with van der Waals surface area (Å²) in [7, 11) is -4.94. The van der Waals surface area contributed by atoms with Crippen LogP contribution in [-0.4, -0.2) is 0 Å². The van der Waals surface area contributed by atoms with Crippen LogP contribution in [0.2, 0.25) is 0 Å². The van der Waals surface area contributed by atoms with Gasteiger partial charge in [0, 0.05) is 0 Å². The van der Waals surface area contributed by atoms with Crippen LogP contribution in [0.5, 0.6) is 0 Å². The molecule has 0 bridgehead atoms. The van der Waals surface area contributed by atoms with Crippen molar-refractivity contribution in [1.82, 2.24) is 0 Å². The Bertz CT molecular complexity index is 512. The zero-order chi connectivity index (χ0) is 12.2. The highest BCUT2D eigenvalue weighted by Crippen LogP contribution is 2.10. The van der Waals surface area contributed by atoms with Gasteiger partial charge in [0.15, 0.2) is 0 Å². The highest BCUT2D eigenvalue weighted by Gasteiger charge is 2.00. The van der Waals surface area contributed by atoms with Gasteiger partial charge >= 0.3 is 5.56 Å². The third kappa shape index (κ3) is 4.62. The largest absolute Gasteiger partial charge is 0.419 e. The van der Waals surface area contributed by atoms with E-state index in [-0.39, 0.29) is 5.56 Å². The molecule has 0 aliphatic carbocycles. The van der Waals surface area contributed by atoms with Crippen molar-refractivity contribution in [1.29, 1.82) is 0 Å². The minimum Gasteiger partial charge on any atom is -0.222 e. The van der Waals surface area contributed by atoms with E-state index in [4.69, 9.17) is 18.6 Å². The molecule has 1 heterocycles. The molecular weight excluding hydrogens is 258 g/mol. The average molecular weight is 264 g/mol. The van der Waals surface area contributed by atoms with Crippen molar-refractivity contribution in [2.75, 3.05) is 0 Å². The highest BCUT2D eigenvalue weighted by atomic mass is 35.7. The molecule has 1 N–H and O–H groups in total. The summed E-state index contributed by atoms with van der Waals surface area (Å²) in [5.74, 6) is 0. The Morgan fingerprint density at radius 1 is 1.12 bits per heavy atom. The Hall–Kier alpha value is -1.09. The first kappa shape index (κ1) is 13.0. The number of aromatic nitrogens is 1. The van der Waals surface area contributed by atoms with Crippen molar-refractivity contribution in [2.45, 2.75) is 0 Å². The molecule has 0 fully saturated rings. The molecule has 6 nitrogen and oxygen atoms in total. The first-order chi connectivity index (χ1) is 7.38. The van der Waals surface area contributed by atoms with Gasteiger partial charge in [0.1, 0.15) is 5.39 Å². The van der Waals surface area contributed by atoms with Crippen LogP contribution < -0.4 is 29.2 Å². The Morgan fingerprint density at radius 2 is 1.69 bits per heavy atom. The number of nitrogens with one attached hydrogen (secondary N) is 1. The number of H-pyrrole nitrogens is 1. The average Bonchev–Trinajstić information content (AvgIpc) is 2.16. The SMILES string of the molecule is O=c1[nH+]csc2ccccc12.[O-][Cl+3]([O-])([O-])[O-]. The van der Waals surface area contributed by atoms with Gasteiger partial charge in [-0.2, -0.15) is 4.98 Å². The molecule has 2 rings (SSSR count). The van der Waals surface area contributed by atoms with Gasteiger partial charge < -0.3 is 0 Å². The molecule has 0 saturated carbocycles. The predicted octanol–water partition coefficient (Wildman–Crippen LogP) is -3.68. The van der Waals surface area contributed by atoms with Crippen molar-refractivity contribution < 1.29 is 33.9 Å². The fourth-order valence-electron chi connectivity index (χ4n) is 0.981. The van der Waals surface area contributed by atoms with E-state index in [2.05, 4.69) is 4.98 Å². The topological polar surface area (TPSA) is 123 Å². The number of rotatable bonds is 0. The second kappa shape index (κ2) is 5.30. The van der Waals surface area contributed by atoms with Gasteiger partial charge in [0.2, 0.25) is 5.51 Å². The number of hydrogen-bond donors (Lipinski definition) is 0. The molecule has 0 unspecified atom stereocenters. The molecule has 0 aliphatic rings. The van der Waals surface area contributed by atoms with Crippen LogP contribution in [0.4, 0.5) is 0 Å². The molecule has 0 aliphatic heterocycles. The van der Waals surface area contributed by atoms with E-state index in [0.717, 1.165) is 10.1 Å². The van der Waals surface area contributed by atoms with E-state index < -0.39 is 10.2 Å². The minimum atomic E-state index is -4.94. The molecule has 0 atom stereocenters. The first-order valence-corrected chi connectivity index (χ1v) is 5.99. The minimum absolute atomic E-state index is 0.0145. The standard InChI is InChI=1S/C8H5NOS.ClHO4/c10-8-6-3-1-2-4-7(6)11-5-9-8;2-1(3,4)5/h1-5H;(H,2,3,4,5). The van der Waals surface area contributed by atoms with Crippen molar-refractivity contribution in [2.24, 2.45) is 0 Å². The molecule has 1 aromatic carbocycles. The summed E-state index contributed by atoms with van der Waals surface area (Å²) in [5.41, 5.74) is 1.68. The maximum atomic E-state index is 11.1. The van der Waals surface area contributed by atoms with Gasteiger partial charge in [0.05, 0.1) is 4.70 Å². The van der Waals surface area contributed by atoms with Crippen molar-refractivity contribution in [3.05, 3.63) is 40.1 Å². The van der Waals surface area contributed by atoms with Crippen LogP contribution in [-0.2, 0) is 0 Å².